The predicted molar refractivity (Wildman–Crippen MR) is 119 cm³/mol. The van der Waals surface area contributed by atoms with Crippen molar-refractivity contribution >= 4 is 46.6 Å². The van der Waals surface area contributed by atoms with Crippen molar-refractivity contribution in [2.24, 2.45) is 0 Å². The van der Waals surface area contributed by atoms with E-state index in [1.54, 1.807) is 30.5 Å². The number of amides is 1. The number of aromatic nitrogens is 4. The maximum Gasteiger partial charge on any atom is 0.234 e. The van der Waals surface area contributed by atoms with Gasteiger partial charge in [-0.3, -0.25) is 9.36 Å². The normalized spacial score (nSPS) is 10.6. The molecule has 1 amide bonds. The molecule has 1 N–H and O–H groups in total. The van der Waals surface area contributed by atoms with Crippen LogP contribution in [0.15, 0.2) is 54.3 Å². The number of aryl methyl sites for hydroxylation is 1. The van der Waals surface area contributed by atoms with Gasteiger partial charge in [-0.2, -0.15) is 0 Å². The van der Waals surface area contributed by atoms with Crippen LogP contribution in [0.25, 0.3) is 0 Å². The number of hydrogen-bond acceptors (Lipinski definition) is 6. The Kier molecular flexibility index (Phi) is 7.73. The molecule has 0 saturated heterocycles. The van der Waals surface area contributed by atoms with Gasteiger partial charge in [0.1, 0.15) is 12.4 Å². The second-order valence-corrected chi connectivity index (χ2v) is 7.91. The fourth-order valence-electron chi connectivity index (χ4n) is 2.56. The third kappa shape index (κ3) is 5.75. The third-order valence-electron chi connectivity index (χ3n) is 3.96. The predicted octanol–water partition coefficient (Wildman–Crippen LogP) is 4.78. The molecule has 0 fully saturated rings. The second-order valence-electron chi connectivity index (χ2n) is 6.18. The van der Waals surface area contributed by atoms with Gasteiger partial charge in [0.2, 0.25) is 5.91 Å². The molecule has 2 heterocycles. The molecule has 0 aliphatic rings. The number of halogens is 2. The molecular weight excluding hydrogens is 445 g/mol. The zero-order valence-corrected chi connectivity index (χ0v) is 18.5. The fourth-order valence-corrected chi connectivity index (χ4v) is 3.72. The lowest BCUT2D eigenvalue weighted by Crippen LogP contribution is -2.15. The van der Waals surface area contributed by atoms with E-state index < -0.39 is 0 Å². The van der Waals surface area contributed by atoms with E-state index in [-0.39, 0.29) is 23.4 Å². The first kappa shape index (κ1) is 22.1. The van der Waals surface area contributed by atoms with Crippen molar-refractivity contribution in [3.8, 4) is 5.75 Å². The Balaban J connectivity index is 1.64. The second kappa shape index (κ2) is 10.5. The van der Waals surface area contributed by atoms with Crippen LogP contribution in [0.5, 0.6) is 5.75 Å². The molecule has 0 saturated carbocycles. The summed E-state index contributed by atoms with van der Waals surface area (Å²) < 4.78 is 7.72. The van der Waals surface area contributed by atoms with E-state index in [2.05, 4.69) is 27.1 Å². The number of thioether (sulfide) groups is 1. The monoisotopic (exact) mass is 463 g/mol. The first-order valence-corrected chi connectivity index (χ1v) is 10.7. The summed E-state index contributed by atoms with van der Waals surface area (Å²) in [6, 6.07) is 8.80. The lowest BCUT2D eigenvalue weighted by Gasteiger charge is -2.11. The van der Waals surface area contributed by atoms with Crippen LogP contribution in [-0.4, -0.2) is 31.4 Å². The van der Waals surface area contributed by atoms with Crippen LogP contribution in [0.3, 0.4) is 0 Å². The Morgan fingerprint density at radius 3 is 2.90 bits per heavy atom. The summed E-state index contributed by atoms with van der Waals surface area (Å²) in [5, 5.41) is 12.6. The lowest BCUT2D eigenvalue weighted by molar-refractivity contribution is -0.113. The van der Waals surface area contributed by atoms with Gasteiger partial charge in [-0.25, -0.2) is 4.98 Å². The van der Waals surface area contributed by atoms with Gasteiger partial charge < -0.3 is 10.1 Å². The molecule has 10 heteroatoms. The van der Waals surface area contributed by atoms with Crippen LogP contribution in [-0.2, 0) is 17.9 Å². The maximum atomic E-state index is 12.3. The molecule has 3 rings (SSSR count). The van der Waals surface area contributed by atoms with Crippen LogP contribution in [0, 0.1) is 6.92 Å². The summed E-state index contributed by atoms with van der Waals surface area (Å²) in [4.78, 5) is 16.2. The van der Waals surface area contributed by atoms with Crippen molar-refractivity contribution in [2.75, 3.05) is 11.1 Å². The number of nitrogens with zero attached hydrogens (tertiary/aromatic N) is 4. The van der Waals surface area contributed by atoms with E-state index in [4.69, 9.17) is 27.9 Å². The standard InChI is InChI=1S/C20H19Cl2N5O2S/c1-3-9-27-17(11-29-16-7-6-14(21)10-13(16)2)25-26-20(27)30-12-18(28)24-15-5-4-8-23-19(15)22/h3-8,10H,1,9,11-12H2,2H3,(H,24,28). The maximum absolute atomic E-state index is 12.3. The first-order chi connectivity index (χ1) is 14.5. The molecular formula is C20H19Cl2N5O2S. The summed E-state index contributed by atoms with van der Waals surface area (Å²) in [6.07, 6.45) is 3.29. The van der Waals surface area contributed by atoms with E-state index in [0.29, 0.717) is 28.2 Å². The number of ether oxygens (including phenoxy) is 1. The van der Waals surface area contributed by atoms with Crippen molar-refractivity contribution in [1.29, 1.82) is 0 Å². The van der Waals surface area contributed by atoms with Crippen LogP contribution in [0.1, 0.15) is 11.4 Å². The number of allylic oxidation sites excluding steroid dienone is 1. The summed E-state index contributed by atoms with van der Waals surface area (Å²) in [5.74, 6) is 1.26. The molecule has 1 aromatic carbocycles. The van der Waals surface area contributed by atoms with E-state index in [1.807, 2.05) is 23.6 Å². The van der Waals surface area contributed by atoms with E-state index in [1.165, 1.54) is 11.8 Å². The molecule has 0 radical (unpaired) electrons. The van der Waals surface area contributed by atoms with Crippen molar-refractivity contribution < 1.29 is 9.53 Å². The number of hydrogen-bond donors (Lipinski definition) is 1. The molecule has 0 spiro atoms. The number of pyridine rings is 1. The minimum Gasteiger partial charge on any atom is -0.485 e. The molecule has 2 aromatic heterocycles. The van der Waals surface area contributed by atoms with Crippen molar-refractivity contribution in [3.63, 3.8) is 0 Å². The number of carbonyl (C=O) groups excluding carboxylic acids is 1. The highest BCUT2D eigenvalue weighted by atomic mass is 35.5. The van der Waals surface area contributed by atoms with Crippen LogP contribution < -0.4 is 10.1 Å². The SMILES string of the molecule is C=CCn1c(COc2ccc(Cl)cc2C)nnc1SCC(=O)Nc1cccnc1Cl. The Morgan fingerprint density at radius 1 is 1.33 bits per heavy atom. The van der Waals surface area contributed by atoms with Crippen LogP contribution in [0.2, 0.25) is 10.2 Å². The van der Waals surface area contributed by atoms with Gasteiger partial charge in [0, 0.05) is 17.8 Å². The summed E-state index contributed by atoms with van der Waals surface area (Å²) in [6.45, 7) is 6.41. The van der Waals surface area contributed by atoms with Gasteiger partial charge in [0.15, 0.2) is 16.1 Å². The Bertz CT molecular complexity index is 1060. The number of rotatable bonds is 9. The molecule has 30 heavy (non-hydrogen) atoms. The molecule has 0 aliphatic heterocycles. The molecule has 156 valence electrons. The molecule has 0 atom stereocenters. The number of anilines is 1. The van der Waals surface area contributed by atoms with Gasteiger partial charge in [0.25, 0.3) is 0 Å². The minimum absolute atomic E-state index is 0.137. The fraction of sp³-hybridized carbons (Fsp3) is 0.200. The smallest absolute Gasteiger partial charge is 0.234 e. The number of carbonyl (C=O) groups is 1. The van der Waals surface area contributed by atoms with Crippen LogP contribution >= 0.6 is 35.0 Å². The summed E-state index contributed by atoms with van der Waals surface area (Å²) >= 11 is 13.2. The summed E-state index contributed by atoms with van der Waals surface area (Å²) in [7, 11) is 0. The van der Waals surface area contributed by atoms with Gasteiger partial charge in [-0.15, -0.1) is 16.8 Å². The van der Waals surface area contributed by atoms with E-state index in [0.717, 1.165) is 11.3 Å². The quantitative estimate of drug-likeness (QED) is 0.279. The summed E-state index contributed by atoms with van der Waals surface area (Å²) in [5.41, 5.74) is 1.39. The third-order valence-corrected chi connectivity index (χ3v) is 5.47. The highest BCUT2D eigenvalue weighted by Crippen LogP contribution is 2.24. The molecule has 0 unspecified atom stereocenters. The molecule has 0 bridgehead atoms. The average Bonchev–Trinajstić information content (AvgIpc) is 3.09. The van der Waals surface area contributed by atoms with E-state index in [9.17, 15) is 4.79 Å². The van der Waals surface area contributed by atoms with Gasteiger partial charge in [-0.05, 0) is 42.8 Å². The van der Waals surface area contributed by atoms with Gasteiger partial charge in [-0.1, -0.05) is 41.0 Å². The van der Waals surface area contributed by atoms with Crippen molar-refractivity contribution in [1.82, 2.24) is 19.7 Å². The van der Waals surface area contributed by atoms with Crippen LogP contribution in [0.4, 0.5) is 5.69 Å². The largest absolute Gasteiger partial charge is 0.485 e. The van der Waals surface area contributed by atoms with Gasteiger partial charge in [0.05, 0.1) is 11.4 Å². The topological polar surface area (TPSA) is 81.9 Å². The number of benzene rings is 1. The van der Waals surface area contributed by atoms with Crippen molar-refractivity contribution in [3.05, 3.63) is 70.7 Å². The zero-order valence-electron chi connectivity index (χ0n) is 16.1. The lowest BCUT2D eigenvalue weighted by atomic mass is 10.2. The Morgan fingerprint density at radius 2 is 2.17 bits per heavy atom. The number of nitrogens with one attached hydrogen (secondary N) is 1. The van der Waals surface area contributed by atoms with Crippen molar-refractivity contribution in [2.45, 2.75) is 25.2 Å². The highest BCUT2D eigenvalue weighted by molar-refractivity contribution is 7.99. The molecule has 7 nitrogen and oxygen atoms in total. The molecule has 3 aromatic rings. The molecule has 0 aliphatic carbocycles. The highest BCUT2D eigenvalue weighted by Gasteiger charge is 2.15. The Labute approximate surface area is 188 Å². The van der Waals surface area contributed by atoms with Gasteiger partial charge >= 0.3 is 0 Å². The zero-order chi connectivity index (χ0) is 21.5. The minimum atomic E-state index is -0.224. The van der Waals surface area contributed by atoms with E-state index >= 15 is 0 Å². The first-order valence-electron chi connectivity index (χ1n) is 8.93. The average molecular weight is 464 g/mol. The Hall–Kier alpha value is -2.55.